The first kappa shape index (κ1) is 17.5. The van der Waals surface area contributed by atoms with E-state index in [1.165, 1.54) is 0 Å². The lowest BCUT2D eigenvalue weighted by atomic mass is 10.0. The van der Waals surface area contributed by atoms with Crippen LogP contribution in [0.25, 0.3) is 0 Å². The summed E-state index contributed by atoms with van der Waals surface area (Å²) in [5, 5.41) is 3.11. The number of ether oxygens (including phenoxy) is 1. The highest BCUT2D eigenvalue weighted by molar-refractivity contribution is 5.94. The molecule has 21 heavy (non-hydrogen) atoms. The second kappa shape index (κ2) is 8.67. The van der Waals surface area contributed by atoms with E-state index < -0.39 is 0 Å². The van der Waals surface area contributed by atoms with Crippen molar-refractivity contribution in [1.82, 2.24) is 10.2 Å². The average molecular weight is 292 g/mol. The molecule has 1 amide bonds. The fraction of sp³-hybridized carbons (Fsp3) is 0.588. The van der Waals surface area contributed by atoms with Crippen LogP contribution in [0, 0.1) is 6.92 Å². The lowest BCUT2D eigenvalue weighted by Gasteiger charge is -2.29. The second-order valence-corrected chi connectivity index (χ2v) is 5.24. The molecule has 1 fully saturated rings. The van der Waals surface area contributed by atoms with Crippen molar-refractivity contribution in [1.29, 1.82) is 0 Å². The number of nitrogens with zero attached hydrogens (tertiary/aromatic N) is 1. The van der Waals surface area contributed by atoms with Crippen LogP contribution in [0.2, 0.25) is 0 Å². The van der Waals surface area contributed by atoms with Crippen LogP contribution in [0.5, 0.6) is 5.75 Å². The molecule has 0 radical (unpaired) electrons. The molecule has 0 saturated carbocycles. The van der Waals surface area contributed by atoms with Gasteiger partial charge in [-0.2, -0.15) is 0 Å². The molecule has 118 valence electrons. The van der Waals surface area contributed by atoms with Crippen molar-refractivity contribution in [2.45, 2.75) is 39.7 Å². The van der Waals surface area contributed by atoms with Gasteiger partial charge in [0.2, 0.25) is 0 Å². The lowest BCUT2D eigenvalue weighted by molar-refractivity contribution is 0.0916. The zero-order valence-electron chi connectivity index (χ0n) is 13.9. The van der Waals surface area contributed by atoms with Crippen molar-refractivity contribution < 1.29 is 9.53 Å². The van der Waals surface area contributed by atoms with Crippen LogP contribution in [-0.4, -0.2) is 44.1 Å². The Labute approximate surface area is 128 Å². The normalized spacial score (nSPS) is 15.9. The number of carbonyl (C=O) groups excluding carboxylic acids is 1. The quantitative estimate of drug-likeness (QED) is 0.931. The Morgan fingerprint density at radius 1 is 1.29 bits per heavy atom. The van der Waals surface area contributed by atoms with E-state index >= 15 is 0 Å². The summed E-state index contributed by atoms with van der Waals surface area (Å²) >= 11 is 0. The van der Waals surface area contributed by atoms with Gasteiger partial charge in [-0.3, -0.25) is 4.79 Å². The molecular formula is C17H28N2O2. The van der Waals surface area contributed by atoms with Gasteiger partial charge in [0.15, 0.2) is 0 Å². The zero-order chi connectivity index (χ0) is 15.8. The van der Waals surface area contributed by atoms with Gasteiger partial charge in [-0.25, -0.2) is 0 Å². The maximum atomic E-state index is 12.2. The first-order chi connectivity index (χ1) is 10.1. The van der Waals surface area contributed by atoms with Crippen molar-refractivity contribution in [3.63, 3.8) is 0 Å². The van der Waals surface area contributed by atoms with Crippen molar-refractivity contribution in [2.24, 2.45) is 0 Å². The number of hydrogen-bond acceptors (Lipinski definition) is 3. The zero-order valence-corrected chi connectivity index (χ0v) is 13.9. The molecule has 1 aromatic rings. The monoisotopic (exact) mass is 292 g/mol. The Balaban J connectivity index is 0.00000106. The molecule has 0 unspecified atom stereocenters. The number of likely N-dealkylation sites (tertiary alicyclic amines) is 1. The van der Waals surface area contributed by atoms with Crippen molar-refractivity contribution in [3.05, 3.63) is 29.3 Å². The first-order valence-corrected chi connectivity index (χ1v) is 7.74. The summed E-state index contributed by atoms with van der Waals surface area (Å²) in [7, 11) is 3.74. The first-order valence-electron chi connectivity index (χ1n) is 7.74. The van der Waals surface area contributed by atoms with E-state index in [0.29, 0.717) is 5.56 Å². The Bertz CT molecular complexity index is 452. The molecule has 4 heteroatoms. The van der Waals surface area contributed by atoms with Crippen LogP contribution in [0.4, 0.5) is 0 Å². The minimum atomic E-state index is -0.00662. The second-order valence-electron chi connectivity index (χ2n) is 5.24. The highest BCUT2D eigenvalue weighted by Gasteiger charge is 2.19. The molecular weight excluding hydrogens is 264 g/mol. The smallest absolute Gasteiger partial charge is 0.251 e. The Morgan fingerprint density at radius 3 is 2.48 bits per heavy atom. The molecule has 1 aliphatic rings. The Hall–Kier alpha value is -1.55. The van der Waals surface area contributed by atoms with Gasteiger partial charge in [0.1, 0.15) is 5.75 Å². The van der Waals surface area contributed by atoms with E-state index in [0.717, 1.165) is 37.2 Å². The molecule has 1 N–H and O–H groups in total. The molecule has 0 spiro atoms. The summed E-state index contributed by atoms with van der Waals surface area (Å²) in [5.74, 6) is 0.754. The van der Waals surface area contributed by atoms with Gasteiger partial charge in [-0.05, 0) is 57.6 Å². The van der Waals surface area contributed by atoms with E-state index in [-0.39, 0.29) is 11.9 Å². The third-order valence-electron chi connectivity index (χ3n) is 3.72. The maximum absolute atomic E-state index is 12.2. The van der Waals surface area contributed by atoms with Gasteiger partial charge in [0.25, 0.3) is 5.91 Å². The standard InChI is InChI=1S/C15H22N2O2.C2H6/c1-11-4-5-12(10-14(11)19-3)15(18)16-13-6-8-17(2)9-7-13;1-2/h4-5,10,13H,6-9H2,1-3H3,(H,16,18);1-2H3. The number of carbonyl (C=O) groups is 1. The van der Waals surface area contributed by atoms with Crippen LogP contribution in [0.15, 0.2) is 18.2 Å². The Kier molecular flexibility index (Phi) is 7.23. The third kappa shape index (κ3) is 5.05. The molecule has 0 aliphatic carbocycles. The number of hydrogen-bond donors (Lipinski definition) is 1. The number of methoxy groups -OCH3 is 1. The topological polar surface area (TPSA) is 41.6 Å². The third-order valence-corrected chi connectivity index (χ3v) is 3.72. The van der Waals surface area contributed by atoms with Gasteiger partial charge in [0, 0.05) is 11.6 Å². The molecule has 1 aromatic carbocycles. The molecule has 0 atom stereocenters. The van der Waals surface area contributed by atoms with Gasteiger partial charge < -0.3 is 15.0 Å². The van der Waals surface area contributed by atoms with Gasteiger partial charge >= 0.3 is 0 Å². The van der Waals surface area contributed by atoms with E-state index in [1.807, 2.05) is 32.9 Å². The maximum Gasteiger partial charge on any atom is 0.251 e. The molecule has 1 aliphatic heterocycles. The van der Waals surface area contributed by atoms with Crippen molar-refractivity contribution in [3.8, 4) is 5.75 Å². The molecule has 1 saturated heterocycles. The summed E-state index contributed by atoms with van der Waals surface area (Å²) in [5.41, 5.74) is 1.71. The fourth-order valence-electron chi connectivity index (χ4n) is 2.38. The molecule has 0 bridgehead atoms. The van der Waals surface area contributed by atoms with Gasteiger partial charge in [-0.15, -0.1) is 0 Å². The summed E-state index contributed by atoms with van der Waals surface area (Å²) in [6.45, 7) is 8.06. The number of amides is 1. The van der Waals surface area contributed by atoms with E-state index in [4.69, 9.17) is 4.74 Å². The summed E-state index contributed by atoms with van der Waals surface area (Å²) < 4.78 is 5.25. The van der Waals surface area contributed by atoms with E-state index in [1.54, 1.807) is 13.2 Å². The average Bonchev–Trinajstić information content (AvgIpc) is 2.52. The Morgan fingerprint density at radius 2 is 1.90 bits per heavy atom. The number of aryl methyl sites for hydroxylation is 1. The van der Waals surface area contributed by atoms with Gasteiger partial charge in [-0.1, -0.05) is 19.9 Å². The van der Waals surface area contributed by atoms with E-state index in [9.17, 15) is 4.79 Å². The van der Waals surface area contributed by atoms with Crippen LogP contribution in [-0.2, 0) is 0 Å². The van der Waals surface area contributed by atoms with Crippen molar-refractivity contribution >= 4 is 5.91 Å². The highest BCUT2D eigenvalue weighted by atomic mass is 16.5. The minimum absolute atomic E-state index is 0.00662. The van der Waals surface area contributed by atoms with Crippen LogP contribution < -0.4 is 10.1 Å². The number of piperidine rings is 1. The van der Waals surface area contributed by atoms with Gasteiger partial charge in [0.05, 0.1) is 7.11 Å². The fourth-order valence-corrected chi connectivity index (χ4v) is 2.38. The molecule has 1 heterocycles. The summed E-state index contributed by atoms with van der Waals surface area (Å²) in [6.07, 6.45) is 2.04. The molecule has 2 rings (SSSR count). The predicted molar refractivity (Wildman–Crippen MR) is 87.1 cm³/mol. The van der Waals surface area contributed by atoms with Crippen molar-refractivity contribution in [2.75, 3.05) is 27.2 Å². The highest BCUT2D eigenvalue weighted by Crippen LogP contribution is 2.19. The number of nitrogens with one attached hydrogen (secondary N) is 1. The van der Waals surface area contributed by atoms with E-state index in [2.05, 4.69) is 17.3 Å². The molecule has 0 aromatic heterocycles. The largest absolute Gasteiger partial charge is 0.496 e. The lowest BCUT2D eigenvalue weighted by Crippen LogP contribution is -2.43. The summed E-state index contributed by atoms with van der Waals surface area (Å²) in [4.78, 5) is 14.5. The SMILES string of the molecule is CC.COc1cc(C(=O)NC2CCN(C)CC2)ccc1C. The van der Waals surface area contributed by atoms with Crippen LogP contribution >= 0.6 is 0 Å². The predicted octanol–water partition coefficient (Wildman–Crippen LogP) is 2.85. The number of rotatable bonds is 3. The molecule has 4 nitrogen and oxygen atoms in total. The van der Waals surface area contributed by atoms with Crippen LogP contribution in [0.3, 0.4) is 0 Å². The number of benzene rings is 1. The summed E-state index contributed by atoms with van der Waals surface area (Å²) in [6, 6.07) is 5.86. The van der Waals surface area contributed by atoms with Crippen LogP contribution in [0.1, 0.15) is 42.6 Å². The minimum Gasteiger partial charge on any atom is -0.496 e.